The quantitative estimate of drug-likeness (QED) is 0.148. The standard InChI is InChI=1S/C26H47N5O10P2/c1-15(2)39-24(33)17(5)29-42(9,35)37-13-20-26(8,14-38-43(10,36)30-18(6)25(34)40-16(3)4)22(32)23(41-20)31-12-11-21(27)28-19(31)7/h11-12,15-18,20,22-23,32H,7,13-14H2,1-6,8-10H3,(H2,27,28)(H,29,35)(H,30,36)/t17-,18-,20+,22+,23+,26?,42?,43?/m0/s1. The van der Waals surface area contributed by atoms with Crippen LogP contribution in [-0.4, -0.2) is 97.1 Å². The molecule has 0 amide bonds. The van der Waals surface area contributed by atoms with Crippen molar-refractivity contribution in [2.45, 2.75) is 91.2 Å². The van der Waals surface area contributed by atoms with Gasteiger partial charge in [-0.15, -0.1) is 0 Å². The third kappa shape index (κ3) is 10.5. The number of rotatable bonds is 15. The predicted octanol–water partition coefficient (Wildman–Crippen LogP) is 2.27. The lowest BCUT2D eigenvalue weighted by Gasteiger charge is -2.35. The molecule has 1 fully saturated rings. The Morgan fingerprint density at radius 2 is 1.56 bits per heavy atom. The van der Waals surface area contributed by atoms with Gasteiger partial charge in [0, 0.05) is 19.5 Å². The summed E-state index contributed by atoms with van der Waals surface area (Å²) in [4.78, 5) is 30.1. The number of nitrogens with zero attached hydrogens (tertiary/aromatic N) is 2. The average molecular weight is 652 g/mol. The Morgan fingerprint density at radius 1 is 1.07 bits per heavy atom. The minimum atomic E-state index is -3.62. The fourth-order valence-corrected chi connectivity index (χ4v) is 6.99. The van der Waals surface area contributed by atoms with E-state index in [-0.39, 0.29) is 37.1 Å². The Morgan fingerprint density at radius 3 is 2.02 bits per heavy atom. The van der Waals surface area contributed by atoms with Gasteiger partial charge in [-0.2, -0.15) is 0 Å². The molecule has 3 unspecified atom stereocenters. The summed E-state index contributed by atoms with van der Waals surface area (Å²) < 4.78 is 54.6. The number of hydrogen-bond acceptors (Lipinski definition) is 13. The summed E-state index contributed by atoms with van der Waals surface area (Å²) in [6, 6.07) is -1.86. The minimum Gasteiger partial charge on any atom is -0.462 e. The monoisotopic (exact) mass is 651 g/mol. The highest BCUT2D eigenvalue weighted by atomic mass is 31.2. The van der Waals surface area contributed by atoms with Crippen LogP contribution in [0.15, 0.2) is 29.7 Å². The largest absolute Gasteiger partial charge is 0.462 e. The number of ether oxygens (including phenoxy) is 3. The van der Waals surface area contributed by atoms with Gasteiger partial charge in [0.15, 0.2) is 6.23 Å². The van der Waals surface area contributed by atoms with Crippen LogP contribution in [-0.2, 0) is 42.0 Å². The fourth-order valence-electron chi connectivity index (χ4n) is 4.28. The van der Waals surface area contributed by atoms with E-state index >= 15 is 0 Å². The number of amidine groups is 1. The number of nitrogens with one attached hydrogen (secondary N) is 2. The van der Waals surface area contributed by atoms with E-state index in [9.17, 15) is 23.8 Å². The molecule has 5 N–H and O–H groups in total. The van der Waals surface area contributed by atoms with Crippen LogP contribution in [0.1, 0.15) is 48.5 Å². The minimum absolute atomic E-state index is 0.203. The second-order valence-electron chi connectivity index (χ2n) is 11.6. The van der Waals surface area contributed by atoms with Gasteiger partial charge in [0.2, 0.25) is 0 Å². The Kier molecular flexibility index (Phi) is 12.8. The van der Waals surface area contributed by atoms with Crippen molar-refractivity contribution in [2.75, 3.05) is 26.5 Å². The number of carbonyl (C=O) groups is 2. The lowest BCUT2D eigenvalue weighted by Crippen LogP contribution is -2.47. The summed E-state index contributed by atoms with van der Waals surface area (Å²) in [5.41, 5.74) is 4.47. The molecular weight excluding hydrogens is 604 g/mol. The van der Waals surface area contributed by atoms with Gasteiger partial charge < -0.3 is 39.0 Å². The molecule has 0 spiro atoms. The van der Waals surface area contributed by atoms with Crippen molar-refractivity contribution in [3.63, 3.8) is 0 Å². The van der Waals surface area contributed by atoms with Gasteiger partial charge in [-0.05, 0) is 47.6 Å². The van der Waals surface area contributed by atoms with Crippen LogP contribution in [0.5, 0.6) is 0 Å². The maximum atomic E-state index is 13.3. The molecule has 2 heterocycles. The first-order chi connectivity index (χ1) is 19.7. The summed E-state index contributed by atoms with van der Waals surface area (Å²) in [7, 11) is -7.22. The molecule has 0 aromatic rings. The summed E-state index contributed by atoms with van der Waals surface area (Å²) in [5.74, 6) is -0.782. The molecule has 2 aliphatic rings. The highest BCUT2D eigenvalue weighted by Crippen LogP contribution is 2.48. The van der Waals surface area contributed by atoms with E-state index in [4.69, 9.17) is 29.0 Å². The predicted molar refractivity (Wildman–Crippen MR) is 161 cm³/mol. The Balaban J connectivity index is 2.24. The van der Waals surface area contributed by atoms with Crippen LogP contribution >= 0.6 is 15.0 Å². The molecule has 43 heavy (non-hydrogen) atoms. The van der Waals surface area contributed by atoms with Crippen LogP contribution < -0.4 is 15.9 Å². The first-order valence-electron chi connectivity index (χ1n) is 13.9. The first kappa shape index (κ1) is 37.1. The van der Waals surface area contributed by atoms with Crippen molar-refractivity contribution in [3.8, 4) is 0 Å². The number of aliphatic imine (C=N–C) groups is 1. The van der Waals surface area contributed by atoms with Crippen molar-refractivity contribution in [1.29, 1.82) is 0 Å². The summed E-state index contributed by atoms with van der Waals surface area (Å²) in [6.45, 7) is 17.3. The third-order valence-electron chi connectivity index (χ3n) is 6.58. The van der Waals surface area contributed by atoms with Crippen molar-refractivity contribution in [3.05, 3.63) is 24.7 Å². The number of nitrogens with two attached hydrogens (primary N) is 1. The molecule has 0 bridgehead atoms. The SMILES string of the molecule is C=C1N=C(N)C=CN1[C@@H]1O[C@H](COP(C)(=O)N[C@@H](C)C(=O)OC(C)C)C(C)(COP(C)(=O)N[C@@H](C)C(=O)OC(C)C)[C@@H]1O. The molecule has 2 rings (SSSR count). The molecule has 17 heteroatoms. The van der Waals surface area contributed by atoms with Gasteiger partial charge in [0.1, 0.15) is 29.8 Å². The Labute approximate surface area is 253 Å². The number of hydrogen-bond donors (Lipinski definition) is 4. The van der Waals surface area contributed by atoms with Crippen molar-refractivity contribution in [2.24, 2.45) is 16.1 Å². The normalized spacial score (nSPS) is 28.3. The molecule has 246 valence electrons. The average Bonchev–Trinajstić information content (AvgIpc) is 3.10. The van der Waals surface area contributed by atoms with Crippen LogP contribution in [0, 0.1) is 5.41 Å². The maximum absolute atomic E-state index is 13.3. The smallest absolute Gasteiger partial charge is 0.323 e. The summed E-state index contributed by atoms with van der Waals surface area (Å²) in [5, 5.41) is 16.8. The van der Waals surface area contributed by atoms with Gasteiger partial charge in [0.25, 0.3) is 15.0 Å². The molecular formula is C26H47N5O10P2. The van der Waals surface area contributed by atoms with E-state index in [1.54, 1.807) is 40.8 Å². The van der Waals surface area contributed by atoms with E-state index in [0.717, 1.165) is 0 Å². The van der Waals surface area contributed by atoms with Gasteiger partial charge in [-0.1, -0.05) is 13.5 Å². The van der Waals surface area contributed by atoms with E-state index in [0.29, 0.717) is 0 Å². The van der Waals surface area contributed by atoms with Crippen LogP contribution in [0.4, 0.5) is 0 Å². The summed E-state index contributed by atoms with van der Waals surface area (Å²) in [6.07, 6.45) is -0.958. The number of esters is 2. The van der Waals surface area contributed by atoms with E-state index in [1.807, 2.05) is 0 Å². The zero-order valence-corrected chi connectivity index (χ0v) is 28.1. The molecule has 8 atom stereocenters. The molecule has 15 nitrogen and oxygen atoms in total. The lowest BCUT2D eigenvalue weighted by atomic mass is 9.81. The zero-order chi connectivity index (χ0) is 32.9. The summed E-state index contributed by atoms with van der Waals surface area (Å²) >= 11 is 0. The van der Waals surface area contributed by atoms with Crippen LogP contribution in [0.25, 0.3) is 0 Å². The van der Waals surface area contributed by atoms with Gasteiger partial charge in [0.05, 0.1) is 36.9 Å². The molecule has 0 aromatic heterocycles. The molecule has 0 saturated carbocycles. The van der Waals surface area contributed by atoms with Crippen molar-refractivity contribution in [1.82, 2.24) is 15.1 Å². The zero-order valence-electron chi connectivity index (χ0n) is 26.3. The van der Waals surface area contributed by atoms with E-state index in [1.165, 1.54) is 38.2 Å². The van der Waals surface area contributed by atoms with E-state index < -0.39 is 62.9 Å². The van der Waals surface area contributed by atoms with Crippen LogP contribution in [0.3, 0.4) is 0 Å². The Bertz CT molecular complexity index is 1190. The van der Waals surface area contributed by atoms with Gasteiger partial charge in [-0.25, -0.2) is 15.2 Å². The molecule has 1 saturated heterocycles. The molecule has 0 aromatic carbocycles. The van der Waals surface area contributed by atoms with Gasteiger partial charge in [-0.3, -0.25) is 18.7 Å². The van der Waals surface area contributed by atoms with Gasteiger partial charge >= 0.3 is 11.9 Å². The first-order valence-corrected chi connectivity index (χ1v) is 18.1. The molecule has 2 aliphatic heterocycles. The highest BCUT2D eigenvalue weighted by molar-refractivity contribution is 7.56. The lowest BCUT2D eigenvalue weighted by molar-refractivity contribution is -0.149. The van der Waals surface area contributed by atoms with Crippen LogP contribution in [0.2, 0.25) is 0 Å². The number of carbonyl (C=O) groups excluding carboxylic acids is 2. The van der Waals surface area contributed by atoms with Crippen molar-refractivity contribution >= 4 is 32.8 Å². The topological polar surface area (TPSA) is 200 Å². The maximum Gasteiger partial charge on any atom is 0.323 e. The number of aliphatic hydroxyl groups is 1. The Hall–Kier alpha value is -2.09. The molecule has 0 radical (unpaired) electrons. The molecule has 0 aliphatic carbocycles. The van der Waals surface area contributed by atoms with Crippen molar-refractivity contribution < 1.29 is 47.1 Å². The fraction of sp³-hybridized carbons (Fsp3) is 0.731. The second kappa shape index (κ2) is 14.8. The number of aliphatic hydroxyl groups excluding tert-OH is 1. The second-order valence-corrected chi connectivity index (χ2v) is 16.0. The third-order valence-corrected chi connectivity index (χ3v) is 9.56. The highest BCUT2D eigenvalue weighted by Gasteiger charge is 2.56. The van der Waals surface area contributed by atoms with E-state index in [2.05, 4.69) is 21.7 Å².